The maximum atomic E-state index is 12.8. The molecule has 5 heteroatoms. The van der Waals surface area contributed by atoms with Crippen molar-refractivity contribution in [3.8, 4) is 0 Å². The summed E-state index contributed by atoms with van der Waals surface area (Å²) in [6.07, 6.45) is 1.91. The second-order valence-electron chi connectivity index (χ2n) is 10.0. The molecule has 0 bridgehead atoms. The number of halogens is 1. The number of piperidine rings is 1. The average molecular weight is 535 g/mol. The molecule has 1 fully saturated rings. The summed E-state index contributed by atoms with van der Waals surface area (Å²) < 4.78 is 0. The molecule has 6 rings (SSSR count). The lowest BCUT2D eigenvalue weighted by molar-refractivity contribution is 0.0856. The molecular weight excluding hydrogens is 504 g/mol. The Labute approximate surface area is 234 Å². The first-order chi connectivity index (χ1) is 19.0. The molecule has 1 heterocycles. The summed E-state index contributed by atoms with van der Waals surface area (Å²) >= 11 is 5.36. The molecule has 0 aromatic heterocycles. The average Bonchev–Trinajstić information content (AvgIpc) is 2.97. The first-order valence-corrected chi connectivity index (χ1v) is 13.6. The third kappa shape index (κ3) is 6.72. The van der Waals surface area contributed by atoms with Crippen molar-refractivity contribution in [2.24, 2.45) is 5.92 Å². The number of benzene rings is 5. The molecule has 5 aromatic carbocycles. The number of fused-ring (bicyclic) bond motifs is 2. The lowest BCUT2D eigenvalue weighted by atomic mass is 9.89. The second-order valence-corrected chi connectivity index (χ2v) is 10.4. The van der Waals surface area contributed by atoms with Crippen LogP contribution in [0.2, 0.25) is 0 Å². The number of carbonyl (C=O) groups excluding carboxylic acids is 2. The Morgan fingerprint density at radius 2 is 1.26 bits per heavy atom. The van der Waals surface area contributed by atoms with Crippen molar-refractivity contribution in [2.45, 2.75) is 12.8 Å². The molecule has 1 saturated heterocycles. The number of Topliss-reactive ketones (excluding diaryl/α,β-unsaturated/α-hetero) is 1. The van der Waals surface area contributed by atoms with Crippen LogP contribution >= 0.6 is 11.6 Å². The number of rotatable bonds is 5. The first kappa shape index (κ1) is 26.6. The van der Waals surface area contributed by atoms with E-state index in [9.17, 15) is 9.59 Å². The van der Waals surface area contributed by atoms with E-state index in [1.165, 1.54) is 10.8 Å². The number of anilines is 2. The largest absolute Gasteiger partial charge is 0.355 e. The van der Waals surface area contributed by atoms with E-state index in [1.807, 2.05) is 66.7 Å². The van der Waals surface area contributed by atoms with Crippen molar-refractivity contribution >= 4 is 55.5 Å². The second kappa shape index (κ2) is 12.2. The minimum Gasteiger partial charge on any atom is -0.355 e. The van der Waals surface area contributed by atoms with Crippen LogP contribution in [0.4, 0.5) is 11.4 Å². The van der Waals surface area contributed by atoms with Gasteiger partial charge in [0, 0.05) is 28.4 Å². The highest BCUT2D eigenvalue weighted by molar-refractivity contribution is 6.67. The van der Waals surface area contributed by atoms with Gasteiger partial charge in [-0.2, -0.15) is 0 Å². The van der Waals surface area contributed by atoms with Gasteiger partial charge in [-0.25, -0.2) is 0 Å². The van der Waals surface area contributed by atoms with E-state index < -0.39 is 5.24 Å². The van der Waals surface area contributed by atoms with E-state index in [0.29, 0.717) is 5.56 Å². The minimum absolute atomic E-state index is 0.155. The molecule has 1 N–H and O–H groups in total. The van der Waals surface area contributed by atoms with Gasteiger partial charge in [-0.3, -0.25) is 9.59 Å². The molecule has 5 aromatic rings. The zero-order valence-electron chi connectivity index (χ0n) is 21.9. The summed E-state index contributed by atoms with van der Waals surface area (Å²) in [7, 11) is 2.12. The number of carbonyl (C=O) groups is 2. The summed E-state index contributed by atoms with van der Waals surface area (Å²) in [5, 5.41) is 7.61. The molecule has 0 atom stereocenters. The normalized spacial score (nSPS) is 14.0. The Morgan fingerprint density at radius 1 is 0.667 bits per heavy atom. The monoisotopic (exact) mass is 534 g/mol. The van der Waals surface area contributed by atoms with E-state index in [2.05, 4.69) is 47.6 Å². The van der Waals surface area contributed by atoms with Gasteiger partial charge in [-0.15, -0.1) is 0 Å². The number of likely N-dealkylation sites (tertiary alicyclic amines) is 1. The highest BCUT2D eigenvalue weighted by Gasteiger charge is 2.24. The van der Waals surface area contributed by atoms with E-state index in [0.717, 1.165) is 53.6 Å². The van der Waals surface area contributed by atoms with Crippen LogP contribution in [-0.2, 0) is 0 Å². The van der Waals surface area contributed by atoms with Gasteiger partial charge in [0.15, 0.2) is 5.78 Å². The molecule has 39 heavy (non-hydrogen) atoms. The van der Waals surface area contributed by atoms with E-state index >= 15 is 0 Å². The van der Waals surface area contributed by atoms with Crippen LogP contribution in [0.3, 0.4) is 0 Å². The maximum absolute atomic E-state index is 12.8. The van der Waals surface area contributed by atoms with E-state index in [1.54, 1.807) is 12.1 Å². The summed E-state index contributed by atoms with van der Waals surface area (Å²) in [5.74, 6) is 0.433. The van der Waals surface area contributed by atoms with Gasteiger partial charge in [-0.05, 0) is 103 Å². The lowest BCUT2D eigenvalue weighted by Gasteiger charge is -2.28. The van der Waals surface area contributed by atoms with E-state index in [4.69, 9.17) is 11.6 Å². The van der Waals surface area contributed by atoms with Crippen LogP contribution < -0.4 is 5.32 Å². The van der Waals surface area contributed by atoms with Crippen LogP contribution in [0.25, 0.3) is 21.5 Å². The van der Waals surface area contributed by atoms with Crippen molar-refractivity contribution in [3.05, 3.63) is 120 Å². The third-order valence-electron chi connectivity index (χ3n) is 7.25. The molecule has 1 aliphatic rings. The molecule has 0 unspecified atom stereocenters. The fourth-order valence-corrected chi connectivity index (χ4v) is 5.12. The molecule has 0 amide bonds. The predicted molar refractivity (Wildman–Crippen MR) is 162 cm³/mol. The molecule has 196 valence electrons. The van der Waals surface area contributed by atoms with Crippen LogP contribution in [0.5, 0.6) is 0 Å². The van der Waals surface area contributed by atoms with Gasteiger partial charge in [0.25, 0.3) is 5.24 Å². The van der Waals surface area contributed by atoms with Gasteiger partial charge in [-0.1, -0.05) is 72.8 Å². The van der Waals surface area contributed by atoms with Gasteiger partial charge < -0.3 is 10.2 Å². The number of hydrogen-bond acceptors (Lipinski definition) is 4. The number of ketones is 1. The van der Waals surface area contributed by atoms with Gasteiger partial charge in [0.1, 0.15) is 0 Å². The topological polar surface area (TPSA) is 49.4 Å². The SMILES string of the molecule is CN1CCC(C(=O)c2cccc(Nc3ccc4ccccc4c3)c2)CC1.O=C(Cl)c1ccc2ccccc2c1. The maximum Gasteiger partial charge on any atom is 0.252 e. The fourth-order valence-electron chi connectivity index (χ4n) is 5.00. The predicted octanol–water partition coefficient (Wildman–Crippen LogP) is 8.33. The smallest absolute Gasteiger partial charge is 0.252 e. The Kier molecular flexibility index (Phi) is 8.36. The molecule has 0 spiro atoms. The highest BCUT2D eigenvalue weighted by Crippen LogP contribution is 2.26. The number of hydrogen-bond donors (Lipinski definition) is 1. The Morgan fingerprint density at radius 3 is 1.92 bits per heavy atom. The van der Waals surface area contributed by atoms with Gasteiger partial charge >= 0.3 is 0 Å². The molecule has 0 saturated carbocycles. The molecule has 0 radical (unpaired) electrons. The van der Waals surface area contributed by atoms with Gasteiger partial charge in [0.05, 0.1) is 0 Å². The molecule has 0 aliphatic carbocycles. The summed E-state index contributed by atoms with van der Waals surface area (Å²) in [4.78, 5) is 26.0. The zero-order valence-corrected chi connectivity index (χ0v) is 22.7. The number of nitrogens with zero attached hydrogens (tertiary/aromatic N) is 1. The van der Waals surface area contributed by atoms with Crippen molar-refractivity contribution in [3.63, 3.8) is 0 Å². The van der Waals surface area contributed by atoms with Crippen LogP contribution in [0, 0.1) is 5.92 Å². The van der Waals surface area contributed by atoms with E-state index in [-0.39, 0.29) is 11.7 Å². The highest BCUT2D eigenvalue weighted by atomic mass is 35.5. The quantitative estimate of drug-likeness (QED) is 0.182. The van der Waals surface area contributed by atoms with Crippen LogP contribution in [0.1, 0.15) is 33.6 Å². The number of nitrogens with one attached hydrogen (secondary N) is 1. The molecular formula is C34H31ClN2O2. The van der Waals surface area contributed by atoms with Crippen molar-refractivity contribution in [1.29, 1.82) is 0 Å². The molecule has 1 aliphatic heterocycles. The lowest BCUT2D eigenvalue weighted by Crippen LogP contribution is -2.33. The van der Waals surface area contributed by atoms with Crippen LogP contribution in [-0.4, -0.2) is 36.1 Å². The van der Waals surface area contributed by atoms with Crippen molar-refractivity contribution in [1.82, 2.24) is 4.90 Å². The summed E-state index contributed by atoms with van der Waals surface area (Å²) in [5.41, 5.74) is 3.34. The minimum atomic E-state index is -0.411. The summed E-state index contributed by atoms with van der Waals surface area (Å²) in [6.45, 7) is 2.01. The Hall–Kier alpha value is -3.99. The van der Waals surface area contributed by atoms with Crippen LogP contribution in [0.15, 0.2) is 109 Å². The molecule has 4 nitrogen and oxygen atoms in total. The first-order valence-electron chi connectivity index (χ1n) is 13.2. The zero-order chi connectivity index (χ0) is 27.2. The Balaban J connectivity index is 0.000000198. The fraction of sp³-hybridized carbons (Fsp3) is 0.176. The Bertz CT molecular complexity index is 1620. The van der Waals surface area contributed by atoms with Crippen molar-refractivity contribution < 1.29 is 9.59 Å². The van der Waals surface area contributed by atoms with Crippen molar-refractivity contribution in [2.75, 3.05) is 25.5 Å². The third-order valence-corrected chi connectivity index (χ3v) is 7.47. The van der Waals surface area contributed by atoms with Gasteiger partial charge in [0.2, 0.25) is 0 Å². The standard InChI is InChI=1S/C23H24N2O.C11H7ClO/c1-25-13-11-18(12-14-25)23(26)20-7-4-8-21(16-20)24-22-10-9-17-5-2-3-6-19(17)15-22;12-11(13)10-6-5-8-3-1-2-4-9(8)7-10/h2-10,15-16,18,24H,11-14H2,1H3;1-7H. The summed E-state index contributed by atoms with van der Waals surface area (Å²) in [6, 6.07) is 35.8.